The lowest BCUT2D eigenvalue weighted by Crippen LogP contribution is -2.23. The minimum Gasteiger partial charge on any atom is -0.385 e. The van der Waals surface area contributed by atoms with Gasteiger partial charge in [-0.3, -0.25) is 4.99 Å². The topological polar surface area (TPSA) is 48.8 Å². The fourth-order valence-electron chi connectivity index (χ4n) is 5.40. The van der Waals surface area contributed by atoms with Crippen molar-refractivity contribution in [3.05, 3.63) is 108 Å². The number of amidine groups is 1. The maximum absolute atomic E-state index is 4.84. The van der Waals surface area contributed by atoms with Crippen molar-refractivity contribution in [2.75, 3.05) is 18.4 Å². The molecular weight excluding hydrogens is 452 g/mol. The summed E-state index contributed by atoms with van der Waals surface area (Å²) in [5, 5.41) is 7.28. The van der Waals surface area contributed by atoms with Crippen LogP contribution in [-0.2, 0) is 0 Å². The Bertz CT molecular complexity index is 1230. The minimum absolute atomic E-state index is 0.288. The molecule has 4 nitrogen and oxygen atoms in total. The number of anilines is 1. The number of hydrogen-bond acceptors (Lipinski definition) is 4. The molecule has 2 N–H and O–H groups in total. The normalized spacial score (nSPS) is 16.6. The first kappa shape index (κ1) is 25.0. The van der Waals surface area contributed by atoms with Gasteiger partial charge in [0, 0.05) is 23.5 Å². The third-order valence-corrected chi connectivity index (χ3v) is 7.52. The Labute approximate surface area is 221 Å². The molecule has 1 unspecified atom stereocenters. The SMILES string of the molecule is C=C(NCCC)c1ccc(NC(c2ccc(C3=NCC(c4ccccc4)=N3)cc2)C2CCCCC2)cc1. The summed E-state index contributed by atoms with van der Waals surface area (Å²) in [7, 11) is 0. The maximum Gasteiger partial charge on any atom is 0.155 e. The molecule has 37 heavy (non-hydrogen) atoms. The van der Waals surface area contributed by atoms with Crippen LogP contribution in [0.3, 0.4) is 0 Å². The van der Waals surface area contributed by atoms with Crippen LogP contribution in [0.15, 0.2) is 95.4 Å². The van der Waals surface area contributed by atoms with Gasteiger partial charge >= 0.3 is 0 Å². The van der Waals surface area contributed by atoms with Crippen LogP contribution in [0.4, 0.5) is 5.69 Å². The summed E-state index contributed by atoms with van der Waals surface area (Å²) in [6, 6.07) is 28.2. The molecule has 1 aliphatic carbocycles. The third-order valence-electron chi connectivity index (χ3n) is 7.52. The highest BCUT2D eigenvalue weighted by molar-refractivity contribution is 6.17. The van der Waals surface area contributed by atoms with Crippen molar-refractivity contribution in [1.82, 2.24) is 5.32 Å². The van der Waals surface area contributed by atoms with Gasteiger partial charge in [-0.2, -0.15) is 0 Å². The van der Waals surface area contributed by atoms with E-state index < -0.39 is 0 Å². The lowest BCUT2D eigenvalue weighted by atomic mass is 9.81. The molecule has 0 saturated heterocycles. The minimum atomic E-state index is 0.288. The van der Waals surface area contributed by atoms with E-state index in [1.54, 1.807) is 0 Å². The molecule has 1 fully saturated rings. The van der Waals surface area contributed by atoms with Gasteiger partial charge in [-0.15, -0.1) is 0 Å². The third kappa shape index (κ3) is 6.19. The fourth-order valence-corrected chi connectivity index (χ4v) is 5.40. The smallest absolute Gasteiger partial charge is 0.155 e. The van der Waals surface area contributed by atoms with Gasteiger partial charge in [0.1, 0.15) is 0 Å². The lowest BCUT2D eigenvalue weighted by molar-refractivity contribution is 0.321. The van der Waals surface area contributed by atoms with Gasteiger partial charge < -0.3 is 10.6 Å². The molecule has 4 heteroatoms. The van der Waals surface area contributed by atoms with E-state index in [1.807, 2.05) is 6.07 Å². The molecule has 0 radical (unpaired) electrons. The zero-order valence-electron chi connectivity index (χ0n) is 21.9. The van der Waals surface area contributed by atoms with E-state index in [0.717, 1.165) is 52.6 Å². The number of nitrogens with one attached hydrogen (secondary N) is 2. The van der Waals surface area contributed by atoms with Gasteiger partial charge in [0.2, 0.25) is 0 Å². The van der Waals surface area contributed by atoms with E-state index in [0.29, 0.717) is 12.5 Å². The van der Waals surface area contributed by atoms with Crippen molar-refractivity contribution in [1.29, 1.82) is 0 Å². The van der Waals surface area contributed by atoms with Gasteiger partial charge in [-0.25, -0.2) is 4.99 Å². The van der Waals surface area contributed by atoms with Crippen molar-refractivity contribution in [3.8, 4) is 0 Å². The summed E-state index contributed by atoms with van der Waals surface area (Å²) in [5.74, 6) is 1.46. The predicted octanol–water partition coefficient (Wildman–Crippen LogP) is 7.64. The molecule has 3 aromatic carbocycles. The molecule has 0 amide bonds. The first-order chi connectivity index (χ1) is 18.2. The second-order valence-corrected chi connectivity index (χ2v) is 10.2. The van der Waals surface area contributed by atoms with Crippen LogP contribution in [0.2, 0.25) is 0 Å². The first-order valence-electron chi connectivity index (χ1n) is 13.8. The Morgan fingerprint density at radius 2 is 1.62 bits per heavy atom. The molecule has 0 bridgehead atoms. The van der Waals surface area contributed by atoms with Crippen molar-refractivity contribution >= 4 is 22.9 Å². The van der Waals surface area contributed by atoms with E-state index in [2.05, 4.69) is 96.9 Å². The first-order valence-corrected chi connectivity index (χ1v) is 13.8. The van der Waals surface area contributed by atoms with Crippen molar-refractivity contribution < 1.29 is 0 Å². The van der Waals surface area contributed by atoms with Crippen LogP contribution >= 0.6 is 0 Å². The van der Waals surface area contributed by atoms with Crippen LogP contribution in [0.5, 0.6) is 0 Å². The summed E-state index contributed by atoms with van der Waals surface area (Å²) in [6.45, 7) is 7.95. The Morgan fingerprint density at radius 3 is 2.32 bits per heavy atom. The Hall–Kier alpha value is -3.66. The summed E-state index contributed by atoms with van der Waals surface area (Å²) in [6.07, 6.45) is 7.62. The van der Waals surface area contributed by atoms with Crippen LogP contribution < -0.4 is 10.6 Å². The molecule has 0 spiro atoms. The van der Waals surface area contributed by atoms with Crippen LogP contribution in [0, 0.1) is 5.92 Å². The molecule has 0 aromatic heterocycles. The average Bonchev–Trinajstić information content (AvgIpc) is 3.47. The predicted molar refractivity (Wildman–Crippen MR) is 158 cm³/mol. The highest BCUT2D eigenvalue weighted by Gasteiger charge is 2.25. The second-order valence-electron chi connectivity index (χ2n) is 10.2. The zero-order chi connectivity index (χ0) is 25.5. The van der Waals surface area contributed by atoms with Crippen molar-refractivity contribution in [3.63, 3.8) is 0 Å². The molecule has 190 valence electrons. The molecule has 5 rings (SSSR count). The largest absolute Gasteiger partial charge is 0.385 e. The number of aliphatic imine (C=N–C) groups is 2. The van der Waals surface area contributed by atoms with Gasteiger partial charge in [-0.1, -0.05) is 99.5 Å². The van der Waals surface area contributed by atoms with Crippen molar-refractivity contribution in [2.24, 2.45) is 15.9 Å². The van der Waals surface area contributed by atoms with E-state index >= 15 is 0 Å². The zero-order valence-corrected chi connectivity index (χ0v) is 21.9. The van der Waals surface area contributed by atoms with Gasteiger partial charge in [-0.05, 0) is 54.0 Å². The number of nitrogens with zero attached hydrogens (tertiary/aromatic N) is 2. The van der Waals surface area contributed by atoms with E-state index in [-0.39, 0.29) is 6.04 Å². The maximum atomic E-state index is 4.84. The number of rotatable bonds is 10. The van der Waals surface area contributed by atoms with Crippen molar-refractivity contribution in [2.45, 2.75) is 51.5 Å². The van der Waals surface area contributed by atoms with Crippen LogP contribution in [0.1, 0.15) is 73.7 Å². The Morgan fingerprint density at radius 1 is 0.892 bits per heavy atom. The van der Waals surface area contributed by atoms with Crippen LogP contribution in [0.25, 0.3) is 5.70 Å². The van der Waals surface area contributed by atoms with Crippen LogP contribution in [-0.4, -0.2) is 24.6 Å². The highest BCUT2D eigenvalue weighted by Crippen LogP contribution is 2.37. The summed E-state index contributed by atoms with van der Waals surface area (Å²) >= 11 is 0. The molecule has 3 aromatic rings. The quantitative estimate of drug-likeness (QED) is 0.307. The molecule has 1 heterocycles. The van der Waals surface area contributed by atoms with E-state index in [1.165, 1.54) is 37.7 Å². The summed E-state index contributed by atoms with van der Waals surface area (Å²) in [4.78, 5) is 9.56. The molecule has 1 aliphatic heterocycles. The van der Waals surface area contributed by atoms with E-state index in [9.17, 15) is 0 Å². The number of benzene rings is 3. The lowest BCUT2D eigenvalue weighted by Gasteiger charge is -2.32. The standard InChI is InChI=1S/C33H38N4/c1-3-22-34-24(2)25-18-20-30(21-19-25)36-32(27-12-8-5-9-13-27)28-14-16-29(17-15-28)33-35-23-31(37-33)26-10-6-4-7-11-26/h4,6-7,10-11,14-21,27,32,34,36H,2-3,5,8-9,12-13,22-23H2,1H3. The fraction of sp³-hybridized carbons (Fsp3) is 0.333. The van der Waals surface area contributed by atoms with E-state index in [4.69, 9.17) is 9.98 Å². The summed E-state index contributed by atoms with van der Waals surface area (Å²) < 4.78 is 0. The monoisotopic (exact) mass is 490 g/mol. The molecule has 2 aliphatic rings. The molecule has 1 atom stereocenters. The molecular formula is C33H38N4. The Kier molecular flexibility index (Phi) is 8.15. The van der Waals surface area contributed by atoms with Gasteiger partial charge in [0.25, 0.3) is 0 Å². The average molecular weight is 491 g/mol. The molecule has 1 saturated carbocycles. The van der Waals surface area contributed by atoms with Gasteiger partial charge in [0.05, 0.1) is 18.3 Å². The Balaban J connectivity index is 1.32. The number of hydrogen-bond donors (Lipinski definition) is 2. The highest BCUT2D eigenvalue weighted by atomic mass is 15.0. The second kappa shape index (κ2) is 12.1. The van der Waals surface area contributed by atoms with Gasteiger partial charge in [0.15, 0.2) is 5.84 Å². The summed E-state index contributed by atoms with van der Waals surface area (Å²) in [5.41, 5.74) is 7.89.